The van der Waals surface area contributed by atoms with Gasteiger partial charge in [-0.05, 0) is 24.3 Å². The van der Waals surface area contributed by atoms with Gasteiger partial charge in [0.05, 0.1) is 11.4 Å². The second kappa shape index (κ2) is 5.30. The first-order chi connectivity index (χ1) is 9.72. The Labute approximate surface area is 119 Å². The first-order valence-electron chi connectivity index (χ1n) is 5.99. The maximum absolute atomic E-state index is 13.5. The van der Waals surface area contributed by atoms with Crippen molar-refractivity contribution in [1.82, 2.24) is 4.98 Å². The highest BCUT2D eigenvalue weighted by Crippen LogP contribution is 2.29. The van der Waals surface area contributed by atoms with E-state index in [1.54, 1.807) is 36.4 Å². The van der Waals surface area contributed by atoms with Crippen LogP contribution in [0.15, 0.2) is 53.9 Å². The first kappa shape index (κ1) is 12.6. The van der Waals surface area contributed by atoms with E-state index in [-0.39, 0.29) is 11.6 Å². The summed E-state index contributed by atoms with van der Waals surface area (Å²) in [5, 5.41) is 14.9. The molecule has 2 N–H and O–H groups in total. The average Bonchev–Trinajstić information content (AvgIpc) is 2.90. The summed E-state index contributed by atoms with van der Waals surface area (Å²) in [5.41, 5.74) is 1.96. The summed E-state index contributed by atoms with van der Waals surface area (Å²) in [6.45, 7) is 0. The van der Waals surface area contributed by atoms with Crippen molar-refractivity contribution in [1.29, 1.82) is 0 Å². The minimum absolute atomic E-state index is 0.194. The standard InChI is InChI=1S/C15H11FN2OS/c16-12-6-1-2-7-13(12)17-15-18-14(9-20-15)10-4-3-5-11(19)8-10/h1-9,19H,(H,17,18). The summed E-state index contributed by atoms with van der Waals surface area (Å²) >= 11 is 1.38. The molecule has 3 aromatic rings. The van der Waals surface area contributed by atoms with Crippen LogP contribution in [0.4, 0.5) is 15.2 Å². The van der Waals surface area contributed by atoms with E-state index in [1.165, 1.54) is 17.4 Å². The van der Waals surface area contributed by atoms with E-state index in [2.05, 4.69) is 10.3 Å². The number of nitrogens with zero attached hydrogens (tertiary/aromatic N) is 1. The summed E-state index contributed by atoms with van der Waals surface area (Å²) in [6, 6.07) is 13.3. The Morgan fingerprint density at radius 1 is 1.10 bits per heavy atom. The van der Waals surface area contributed by atoms with E-state index in [0.29, 0.717) is 10.8 Å². The summed E-state index contributed by atoms with van der Waals surface area (Å²) < 4.78 is 13.5. The number of anilines is 2. The molecule has 0 saturated carbocycles. The van der Waals surface area contributed by atoms with Crippen LogP contribution in [-0.4, -0.2) is 10.1 Å². The van der Waals surface area contributed by atoms with Gasteiger partial charge in [0.25, 0.3) is 0 Å². The molecule has 0 aliphatic rings. The number of hydrogen-bond acceptors (Lipinski definition) is 4. The van der Waals surface area contributed by atoms with Crippen molar-refractivity contribution in [3.05, 3.63) is 59.7 Å². The maximum atomic E-state index is 13.5. The van der Waals surface area contributed by atoms with Crippen LogP contribution in [0.1, 0.15) is 0 Å². The van der Waals surface area contributed by atoms with E-state index in [0.717, 1.165) is 11.3 Å². The lowest BCUT2D eigenvalue weighted by Gasteiger charge is -2.03. The SMILES string of the molecule is Oc1cccc(-c2csc(Nc3ccccc3F)n2)c1. The molecule has 0 fully saturated rings. The van der Waals surface area contributed by atoms with Crippen molar-refractivity contribution < 1.29 is 9.50 Å². The molecule has 0 unspecified atom stereocenters. The van der Waals surface area contributed by atoms with Crippen LogP contribution in [0.5, 0.6) is 5.75 Å². The van der Waals surface area contributed by atoms with E-state index < -0.39 is 0 Å². The number of halogens is 1. The Kier molecular flexibility index (Phi) is 3.35. The normalized spacial score (nSPS) is 10.4. The number of phenols is 1. The highest BCUT2D eigenvalue weighted by Gasteiger charge is 2.07. The average molecular weight is 286 g/mol. The zero-order valence-corrected chi connectivity index (χ0v) is 11.2. The number of para-hydroxylation sites is 1. The molecular formula is C15H11FN2OS. The zero-order valence-electron chi connectivity index (χ0n) is 10.4. The lowest BCUT2D eigenvalue weighted by molar-refractivity contribution is 0.475. The highest BCUT2D eigenvalue weighted by atomic mass is 32.1. The third kappa shape index (κ3) is 2.62. The molecule has 0 radical (unpaired) electrons. The van der Waals surface area contributed by atoms with Crippen LogP contribution in [0.25, 0.3) is 11.3 Å². The van der Waals surface area contributed by atoms with Gasteiger partial charge in [-0.3, -0.25) is 0 Å². The smallest absolute Gasteiger partial charge is 0.187 e. The Morgan fingerprint density at radius 3 is 2.75 bits per heavy atom. The fourth-order valence-corrected chi connectivity index (χ4v) is 2.54. The topological polar surface area (TPSA) is 45.1 Å². The van der Waals surface area contributed by atoms with Crippen LogP contribution in [-0.2, 0) is 0 Å². The van der Waals surface area contributed by atoms with Crippen molar-refractivity contribution in [2.45, 2.75) is 0 Å². The van der Waals surface area contributed by atoms with Crippen LogP contribution in [0.2, 0.25) is 0 Å². The zero-order chi connectivity index (χ0) is 13.9. The largest absolute Gasteiger partial charge is 0.508 e. The molecule has 2 aromatic carbocycles. The molecule has 3 nitrogen and oxygen atoms in total. The molecule has 1 heterocycles. The minimum Gasteiger partial charge on any atom is -0.508 e. The number of benzene rings is 2. The van der Waals surface area contributed by atoms with Crippen molar-refractivity contribution in [2.24, 2.45) is 0 Å². The molecule has 1 aromatic heterocycles. The van der Waals surface area contributed by atoms with Crippen LogP contribution in [0.3, 0.4) is 0 Å². The molecule has 0 atom stereocenters. The van der Waals surface area contributed by atoms with Crippen molar-refractivity contribution >= 4 is 22.2 Å². The molecule has 0 bridgehead atoms. The third-order valence-electron chi connectivity index (χ3n) is 2.76. The molecule has 0 saturated heterocycles. The van der Waals surface area contributed by atoms with E-state index in [9.17, 15) is 9.50 Å². The van der Waals surface area contributed by atoms with Crippen molar-refractivity contribution in [2.75, 3.05) is 5.32 Å². The van der Waals surface area contributed by atoms with Crippen molar-refractivity contribution in [3.8, 4) is 17.0 Å². The second-order valence-electron chi connectivity index (χ2n) is 4.19. The Balaban J connectivity index is 1.86. The van der Waals surface area contributed by atoms with Crippen LogP contribution < -0.4 is 5.32 Å². The van der Waals surface area contributed by atoms with Crippen LogP contribution in [0, 0.1) is 5.82 Å². The van der Waals surface area contributed by atoms with Crippen molar-refractivity contribution in [3.63, 3.8) is 0 Å². The maximum Gasteiger partial charge on any atom is 0.187 e. The van der Waals surface area contributed by atoms with Gasteiger partial charge in [0.1, 0.15) is 11.6 Å². The summed E-state index contributed by atoms with van der Waals surface area (Å²) in [4.78, 5) is 4.39. The number of aromatic hydroxyl groups is 1. The lowest BCUT2D eigenvalue weighted by atomic mass is 10.2. The molecule has 20 heavy (non-hydrogen) atoms. The van der Waals surface area contributed by atoms with Gasteiger partial charge < -0.3 is 10.4 Å². The molecule has 0 spiro atoms. The predicted octanol–water partition coefficient (Wildman–Crippen LogP) is 4.40. The highest BCUT2D eigenvalue weighted by molar-refractivity contribution is 7.14. The third-order valence-corrected chi connectivity index (χ3v) is 3.52. The van der Waals surface area contributed by atoms with Gasteiger partial charge in [0.2, 0.25) is 0 Å². The predicted molar refractivity (Wildman–Crippen MR) is 78.9 cm³/mol. The van der Waals surface area contributed by atoms with E-state index >= 15 is 0 Å². The lowest BCUT2D eigenvalue weighted by Crippen LogP contribution is -1.92. The fraction of sp³-hybridized carbons (Fsp3) is 0. The number of hydrogen-bond donors (Lipinski definition) is 2. The fourth-order valence-electron chi connectivity index (χ4n) is 1.81. The molecule has 5 heteroatoms. The number of nitrogens with one attached hydrogen (secondary N) is 1. The number of phenolic OH excluding ortho intramolecular Hbond substituents is 1. The van der Waals surface area contributed by atoms with Gasteiger partial charge >= 0.3 is 0 Å². The molecule has 0 amide bonds. The molecule has 0 aliphatic heterocycles. The molecular weight excluding hydrogens is 275 g/mol. The summed E-state index contributed by atoms with van der Waals surface area (Å²) in [6.07, 6.45) is 0. The molecule has 0 aliphatic carbocycles. The van der Waals surface area contributed by atoms with Crippen LogP contribution >= 0.6 is 11.3 Å². The van der Waals surface area contributed by atoms with E-state index in [1.807, 2.05) is 11.4 Å². The Bertz CT molecular complexity index is 742. The number of aromatic nitrogens is 1. The van der Waals surface area contributed by atoms with Gasteiger partial charge in [-0.25, -0.2) is 9.37 Å². The number of thiazole rings is 1. The van der Waals surface area contributed by atoms with Gasteiger partial charge in [-0.15, -0.1) is 11.3 Å². The van der Waals surface area contributed by atoms with Gasteiger partial charge in [0.15, 0.2) is 5.13 Å². The van der Waals surface area contributed by atoms with Gasteiger partial charge in [-0.2, -0.15) is 0 Å². The van der Waals surface area contributed by atoms with Gasteiger partial charge in [-0.1, -0.05) is 24.3 Å². The summed E-state index contributed by atoms with van der Waals surface area (Å²) in [7, 11) is 0. The minimum atomic E-state index is -0.318. The molecule has 3 rings (SSSR count). The molecule has 100 valence electrons. The van der Waals surface area contributed by atoms with Gasteiger partial charge in [0, 0.05) is 10.9 Å². The summed E-state index contributed by atoms with van der Waals surface area (Å²) in [5.74, 6) is -0.124. The number of rotatable bonds is 3. The quantitative estimate of drug-likeness (QED) is 0.750. The Hall–Kier alpha value is -2.40. The van der Waals surface area contributed by atoms with E-state index in [4.69, 9.17) is 0 Å². The first-order valence-corrected chi connectivity index (χ1v) is 6.87. The Morgan fingerprint density at radius 2 is 1.95 bits per heavy atom. The monoisotopic (exact) mass is 286 g/mol. The second-order valence-corrected chi connectivity index (χ2v) is 5.05.